The van der Waals surface area contributed by atoms with Crippen molar-refractivity contribution in [3.05, 3.63) is 0 Å². The summed E-state index contributed by atoms with van der Waals surface area (Å²) in [6.07, 6.45) is 1.70. The molecule has 1 unspecified atom stereocenters. The molecule has 4 heteroatoms. The second kappa shape index (κ2) is 4.17. The van der Waals surface area contributed by atoms with Crippen LogP contribution in [0.15, 0.2) is 0 Å². The summed E-state index contributed by atoms with van der Waals surface area (Å²) in [7, 11) is 0. The van der Waals surface area contributed by atoms with E-state index < -0.39 is 17.8 Å². The van der Waals surface area contributed by atoms with Crippen molar-refractivity contribution in [3.8, 4) is 0 Å². The predicted octanol–water partition coefficient (Wildman–Crippen LogP) is 1.42. The van der Waals surface area contributed by atoms with Crippen LogP contribution in [0.2, 0.25) is 0 Å². The highest BCUT2D eigenvalue weighted by atomic mass is 16.6. The molecular formula is C10H19NO3. The lowest BCUT2D eigenvalue weighted by molar-refractivity contribution is 0.0450. The molecule has 1 saturated carbocycles. The van der Waals surface area contributed by atoms with Gasteiger partial charge in [-0.05, 0) is 40.0 Å². The fraction of sp³-hybridized carbons (Fsp3) is 0.900. The lowest BCUT2D eigenvalue weighted by Gasteiger charge is -2.22. The third kappa shape index (κ3) is 3.54. The molecule has 2 atom stereocenters. The van der Waals surface area contributed by atoms with Crippen LogP contribution >= 0.6 is 0 Å². The van der Waals surface area contributed by atoms with Crippen LogP contribution in [-0.4, -0.2) is 28.9 Å². The van der Waals surface area contributed by atoms with Crippen molar-refractivity contribution in [1.29, 1.82) is 0 Å². The summed E-state index contributed by atoms with van der Waals surface area (Å²) < 4.78 is 5.09. The van der Waals surface area contributed by atoms with Gasteiger partial charge in [0.2, 0.25) is 0 Å². The highest BCUT2D eigenvalue weighted by molar-refractivity contribution is 5.68. The van der Waals surface area contributed by atoms with E-state index in [0.717, 1.165) is 19.3 Å². The van der Waals surface area contributed by atoms with E-state index in [-0.39, 0.29) is 6.04 Å². The topological polar surface area (TPSA) is 58.6 Å². The molecule has 1 amide bonds. The first-order valence-corrected chi connectivity index (χ1v) is 5.06. The normalized spacial score (nSPS) is 27.4. The zero-order chi connectivity index (χ0) is 10.8. The van der Waals surface area contributed by atoms with E-state index in [0.29, 0.717) is 0 Å². The number of aliphatic hydroxyl groups is 1. The molecule has 82 valence electrons. The quantitative estimate of drug-likeness (QED) is 0.674. The van der Waals surface area contributed by atoms with E-state index in [9.17, 15) is 9.90 Å². The lowest BCUT2D eigenvalue weighted by Crippen LogP contribution is -2.42. The van der Waals surface area contributed by atoms with Gasteiger partial charge in [0.15, 0.2) is 0 Å². The van der Waals surface area contributed by atoms with Crippen LogP contribution < -0.4 is 5.32 Å². The van der Waals surface area contributed by atoms with E-state index in [1.807, 2.05) is 20.8 Å². The van der Waals surface area contributed by atoms with Gasteiger partial charge in [-0.25, -0.2) is 4.79 Å². The maximum absolute atomic E-state index is 11.3. The van der Waals surface area contributed by atoms with Crippen LogP contribution in [0.4, 0.5) is 4.79 Å². The summed E-state index contributed by atoms with van der Waals surface area (Å²) in [5.41, 5.74) is -0.479. The number of aliphatic hydroxyl groups excluding tert-OH is 1. The zero-order valence-electron chi connectivity index (χ0n) is 9.04. The fourth-order valence-corrected chi connectivity index (χ4v) is 1.57. The maximum Gasteiger partial charge on any atom is 0.407 e. The number of hydrogen-bond acceptors (Lipinski definition) is 3. The Morgan fingerprint density at radius 1 is 1.43 bits per heavy atom. The summed E-state index contributed by atoms with van der Waals surface area (Å²) in [5, 5.41) is 12.1. The van der Waals surface area contributed by atoms with Gasteiger partial charge in [-0.15, -0.1) is 0 Å². The number of carbonyl (C=O) groups excluding carboxylic acids is 1. The highest BCUT2D eigenvalue weighted by Gasteiger charge is 2.28. The van der Waals surface area contributed by atoms with Crippen molar-refractivity contribution in [2.24, 2.45) is 0 Å². The van der Waals surface area contributed by atoms with Gasteiger partial charge >= 0.3 is 6.09 Å². The molecular weight excluding hydrogens is 182 g/mol. The van der Waals surface area contributed by atoms with Crippen LogP contribution in [0.25, 0.3) is 0 Å². The Balaban J connectivity index is 2.33. The molecule has 0 bridgehead atoms. The molecule has 0 saturated heterocycles. The largest absolute Gasteiger partial charge is 0.444 e. The van der Waals surface area contributed by atoms with Crippen LogP contribution in [0.1, 0.15) is 40.0 Å². The summed E-state index contributed by atoms with van der Waals surface area (Å²) in [4.78, 5) is 11.3. The van der Waals surface area contributed by atoms with Crippen molar-refractivity contribution in [2.75, 3.05) is 0 Å². The zero-order valence-corrected chi connectivity index (χ0v) is 9.04. The number of carbonyl (C=O) groups is 1. The molecule has 1 fully saturated rings. The molecule has 0 aromatic rings. The Hall–Kier alpha value is -0.770. The molecule has 1 aliphatic rings. The van der Waals surface area contributed by atoms with Crippen molar-refractivity contribution < 1.29 is 14.6 Å². The standard InChI is InChI=1S/C10H19NO3/c1-10(2,3)14-9(13)11-7-5-4-6-8(7)12/h7-8,12H,4-6H2,1-3H3,(H,11,13)/t7?,8-/m1/s1. The third-order valence-electron chi connectivity index (χ3n) is 2.18. The minimum atomic E-state index is -0.479. The summed E-state index contributed by atoms with van der Waals surface area (Å²) in [6, 6.07) is -0.134. The first-order chi connectivity index (χ1) is 6.38. The smallest absolute Gasteiger partial charge is 0.407 e. The predicted molar refractivity (Wildman–Crippen MR) is 53.0 cm³/mol. The number of amides is 1. The van der Waals surface area contributed by atoms with Crippen LogP contribution in [0.5, 0.6) is 0 Å². The van der Waals surface area contributed by atoms with Crippen molar-refractivity contribution in [1.82, 2.24) is 5.32 Å². The Kier molecular flexibility index (Phi) is 3.37. The van der Waals surface area contributed by atoms with E-state index in [1.54, 1.807) is 0 Å². The molecule has 4 nitrogen and oxygen atoms in total. The SMILES string of the molecule is CC(C)(C)OC(=O)NC1CCC[C@H]1O. The number of nitrogens with one attached hydrogen (secondary N) is 1. The molecule has 2 N–H and O–H groups in total. The Bertz CT molecular complexity index is 210. The van der Waals surface area contributed by atoms with Gasteiger partial charge in [0.1, 0.15) is 5.60 Å². The maximum atomic E-state index is 11.3. The van der Waals surface area contributed by atoms with Gasteiger partial charge < -0.3 is 15.2 Å². The van der Waals surface area contributed by atoms with Gasteiger partial charge in [-0.3, -0.25) is 0 Å². The lowest BCUT2D eigenvalue weighted by atomic mass is 10.2. The summed E-state index contributed by atoms with van der Waals surface area (Å²) >= 11 is 0. The van der Waals surface area contributed by atoms with Crippen molar-refractivity contribution >= 4 is 6.09 Å². The monoisotopic (exact) mass is 201 g/mol. The Morgan fingerprint density at radius 3 is 2.50 bits per heavy atom. The van der Waals surface area contributed by atoms with E-state index in [2.05, 4.69) is 5.32 Å². The number of hydrogen-bond donors (Lipinski definition) is 2. The fourth-order valence-electron chi connectivity index (χ4n) is 1.57. The second-order valence-electron chi connectivity index (χ2n) is 4.75. The van der Waals surface area contributed by atoms with Crippen LogP contribution in [0.3, 0.4) is 0 Å². The van der Waals surface area contributed by atoms with Crippen molar-refractivity contribution in [3.63, 3.8) is 0 Å². The molecule has 14 heavy (non-hydrogen) atoms. The first kappa shape index (κ1) is 11.3. The van der Waals surface area contributed by atoms with Gasteiger partial charge in [-0.1, -0.05) is 0 Å². The number of ether oxygens (including phenoxy) is 1. The first-order valence-electron chi connectivity index (χ1n) is 5.06. The summed E-state index contributed by atoms with van der Waals surface area (Å²) in [5.74, 6) is 0. The molecule has 0 aromatic heterocycles. The third-order valence-corrected chi connectivity index (χ3v) is 2.18. The molecule has 0 radical (unpaired) electrons. The molecule has 1 rings (SSSR count). The van der Waals surface area contributed by atoms with Gasteiger partial charge in [0.25, 0.3) is 0 Å². The Labute approximate surface area is 84.6 Å². The number of alkyl carbamates (subject to hydrolysis) is 1. The average molecular weight is 201 g/mol. The average Bonchev–Trinajstić information content (AvgIpc) is 2.32. The highest BCUT2D eigenvalue weighted by Crippen LogP contribution is 2.19. The second-order valence-corrected chi connectivity index (χ2v) is 4.75. The summed E-state index contributed by atoms with van der Waals surface area (Å²) in [6.45, 7) is 5.45. The minimum Gasteiger partial charge on any atom is -0.444 e. The van der Waals surface area contributed by atoms with Gasteiger partial charge in [-0.2, -0.15) is 0 Å². The molecule has 0 heterocycles. The van der Waals surface area contributed by atoms with E-state index in [1.165, 1.54) is 0 Å². The molecule has 0 aromatic carbocycles. The van der Waals surface area contributed by atoms with E-state index >= 15 is 0 Å². The van der Waals surface area contributed by atoms with Gasteiger partial charge in [0.05, 0.1) is 12.1 Å². The van der Waals surface area contributed by atoms with Crippen LogP contribution in [0, 0.1) is 0 Å². The van der Waals surface area contributed by atoms with Crippen LogP contribution in [-0.2, 0) is 4.74 Å². The van der Waals surface area contributed by atoms with Crippen molar-refractivity contribution in [2.45, 2.75) is 57.8 Å². The van der Waals surface area contributed by atoms with E-state index in [4.69, 9.17) is 4.74 Å². The molecule has 0 spiro atoms. The Morgan fingerprint density at radius 2 is 2.07 bits per heavy atom. The van der Waals surface area contributed by atoms with Gasteiger partial charge in [0, 0.05) is 0 Å². The minimum absolute atomic E-state index is 0.134. The number of rotatable bonds is 1. The molecule has 1 aliphatic carbocycles. The molecule has 0 aliphatic heterocycles.